The number of methoxy groups -OCH3 is 2. The van der Waals surface area contributed by atoms with Gasteiger partial charge >= 0.3 is 5.97 Å². The lowest BCUT2D eigenvalue weighted by atomic mass is 10.1. The van der Waals surface area contributed by atoms with Crippen LogP contribution in [0.25, 0.3) is 11.3 Å². The second-order valence-corrected chi connectivity index (χ2v) is 5.92. The van der Waals surface area contributed by atoms with Crippen LogP contribution in [0.15, 0.2) is 52.9 Å². The van der Waals surface area contributed by atoms with E-state index in [0.717, 1.165) is 0 Å². The molecule has 0 aliphatic carbocycles. The SMILES string of the molecule is COc1ccc(-c2oc(NC(=O)c3ccccc3)c(OC(C)=O)c2O)cc1OC. The summed E-state index contributed by atoms with van der Waals surface area (Å²) in [6.45, 7) is 1.17. The van der Waals surface area contributed by atoms with E-state index >= 15 is 0 Å². The Bertz CT molecular complexity index is 1040. The number of esters is 1. The van der Waals surface area contributed by atoms with Crippen molar-refractivity contribution >= 4 is 17.8 Å². The highest BCUT2D eigenvalue weighted by Crippen LogP contribution is 2.47. The maximum Gasteiger partial charge on any atom is 0.308 e. The van der Waals surface area contributed by atoms with Gasteiger partial charge in [-0.2, -0.15) is 0 Å². The molecule has 0 unspecified atom stereocenters. The maximum atomic E-state index is 12.5. The summed E-state index contributed by atoms with van der Waals surface area (Å²) in [7, 11) is 2.97. The molecule has 0 bridgehead atoms. The van der Waals surface area contributed by atoms with Crippen LogP contribution >= 0.6 is 0 Å². The predicted octanol–water partition coefficient (Wildman–Crippen LogP) is 3.85. The first kappa shape index (κ1) is 19.8. The van der Waals surface area contributed by atoms with Gasteiger partial charge in [0, 0.05) is 18.1 Å². The Morgan fingerprint density at radius 1 is 1.00 bits per heavy atom. The average Bonchev–Trinajstić information content (AvgIpc) is 3.03. The first-order valence-electron chi connectivity index (χ1n) is 8.57. The molecule has 1 amide bonds. The third-order valence-corrected chi connectivity index (χ3v) is 4.00. The van der Waals surface area contributed by atoms with E-state index in [0.29, 0.717) is 22.6 Å². The monoisotopic (exact) mass is 397 g/mol. The molecule has 29 heavy (non-hydrogen) atoms. The summed E-state index contributed by atoms with van der Waals surface area (Å²) in [5.41, 5.74) is 0.790. The molecule has 8 heteroatoms. The highest BCUT2D eigenvalue weighted by molar-refractivity contribution is 6.05. The van der Waals surface area contributed by atoms with Crippen molar-refractivity contribution in [2.75, 3.05) is 19.5 Å². The molecule has 0 saturated carbocycles. The fraction of sp³-hybridized carbons (Fsp3) is 0.143. The number of benzene rings is 2. The van der Waals surface area contributed by atoms with Gasteiger partial charge in [-0.1, -0.05) is 18.2 Å². The third kappa shape index (κ3) is 4.16. The Labute approximate surface area is 166 Å². The van der Waals surface area contributed by atoms with Gasteiger partial charge in [0.15, 0.2) is 17.3 Å². The van der Waals surface area contributed by atoms with Crippen LogP contribution in [-0.4, -0.2) is 31.2 Å². The Hall–Kier alpha value is -3.94. The zero-order valence-corrected chi connectivity index (χ0v) is 16.0. The number of aromatic hydroxyl groups is 1. The zero-order valence-electron chi connectivity index (χ0n) is 16.0. The number of hydrogen-bond donors (Lipinski definition) is 2. The topological polar surface area (TPSA) is 107 Å². The van der Waals surface area contributed by atoms with Gasteiger partial charge in [0.1, 0.15) is 0 Å². The van der Waals surface area contributed by atoms with E-state index in [-0.39, 0.29) is 17.4 Å². The summed E-state index contributed by atoms with van der Waals surface area (Å²) >= 11 is 0. The van der Waals surface area contributed by atoms with Gasteiger partial charge in [0.2, 0.25) is 17.4 Å². The van der Waals surface area contributed by atoms with Crippen molar-refractivity contribution in [1.29, 1.82) is 0 Å². The highest BCUT2D eigenvalue weighted by Gasteiger charge is 2.26. The van der Waals surface area contributed by atoms with Gasteiger partial charge in [0.05, 0.1) is 14.2 Å². The van der Waals surface area contributed by atoms with Gasteiger partial charge in [-0.15, -0.1) is 0 Å². The summed E-state index contributed by atoms with van der Waals surface area (Å²) in [6.07, 6.45) is 0. The van der Waals surface area contributed by atoms with Crippen molar-refractivity contribution < 1.29 is 33.3 Å². The number of amides is 1. The molecule has 0 fully saturated rings. The molecule has 3 aromatic rings. The molecule has 0 radical (unpaired) electrons. The summed E-state index contributed by atoms with van der Waals surface area (Å²) < 4.78 is 21.2. The summed E-state index contributed by atoms with van der Waals surface area (Å²) in [5.74, 6) is -1.21. The summed E-state index contributed by atoms with van der Waals surface area (Å²) in [5, 5.41) is 13.1. The first-order valence-corrected chi connectivity index (χ1v) is 8.57. The fourth-order valence-corrected chi connectivity index (χ4v) is 2.67. The van der Waals surface area contributed by atoms with E-state index in [2.05, 4.69) is 5.32 Å². The van der Waals surface area contributed by atoms with Crippen LogP contribution in [0.5, 0.6) is 23.0 Å². The molecule has 2 aromatic carbocycles. The predicted molar refractivity (Wildman–Crippen MR) is 105 cm³/mol. The van der Waals surface area contributed by atoms with Crippen LogP contribution in [0.3, 0.4) is 0 Å². The summed E-state index contributed by atoms with van der Waals surface area (Å²) in [4.78, 5) is 23.9. The van der Waals surface area contributed by atoms with Crippen LogP contribution in [0, 0.1) is 0 Å². The molecular weight excluding hydrogens is 378 g/mol. The van der Waals surface area contributed by atoms with Gasteiger partial charge < -0.3 is 23.7 Å². The summed E-state index contributed by atoms with van der Waals surface area (Å²) in [6, 6.07) is 13.2. The van der Waals surface area contributed by atoms with Crippen LogP contribution in [0.2, 0.25) is 0 Å². The molecule has 0 aliphatic rings. The van der Waals surface area contributed by atoms with E-state index in [1.165, 1.54) is 21.1 Å². The Balaban J connectivity index is 2.03. The Kier molecular flexibility index (Phi) is 5.73. The van der Waals surface area contributed by atoms with Gasteiger partial charge in [-0.05, 0) is 30.3 Å². The van der Waals surface area contributed by atoms with Crippen LogP contribution < -0.4 is 19.5 Å². The molecule has 8 nitrogen and oxygen atoms in total. The fourth-order valence-electron chi connectivity index (χ4n) is 2.67. The van der Waals surface area contributed by atoms with E-state index in [1.807, 2.05) is 0 Å². The van der Waals surface area contributed by atoms with Gasteiger partial charge in [-0.25, -0.2) is 0 Å². The Morgan fingerprint density at radius 3 is 2.31 bits per heavy atom. The largest absolute Gasteiger partial charge is 0.502 e. The Morgan fingerprint density at radius 2 is 1.69 bits per heavy atom. The van der Waals surface area contributed by atoms with Crippen molar-refractivity contribution in [1.82, 2.24) is 0 Å². The zero-order chi connectivity index (χ0) is 21.0. The number of ether oxygens (including phenoxy) is 3. The van der Waals surface area contributed by atoms with E-state index in [4.69, 9.17) is 18.6 Å². The van der Waals surface area contributed by atoms with Crippen molar-refractivity contribution in [2.45, 2.75) is 6.92 Å². The quantitative estimate of drug-likeness (QED) is 0.608. The number of furan rings is 1. The van der Waals surface area contributed by atoms with Crippen molar-refractivity contribution in [2.24, 2.45) is 0 Å². The highest BCUT2D eigenvalue weighted by atomic mass is 16.6. The lowest BCUT2D eigenvalue weighted by Gasteiger charge is -2.08. The molecule has 2 N–H and O–H groups in total. The van der Waals surface area contributed by atoms with E-state index in [9.17, 15) is 14.7 Å². The average molecular weight is 397 g/mol. The van der Waals surface area contributed by atoms with Crippen LogP contribution in [0.4, 0.5) is 5.88 Å². The number of anilines is 1. The normalized spacial score (nSPS) is 10.3. The lowest BCUT2D eigenvalue weighted by Crippen LogP contribution is -2.12. The maximum absolute atomic E-state index is 12.5. The smallest absolute Gasteiger partial charge is 0.308 e. The molecule has 0 saturated heterocycles. The number of rotatable bonds is 6. The molecular formula is C21H19NO7. The minimum atomic E-state index is -0.685. The minimum Gasteiger partial charge on any atom is -0.502 e. The van der Waals surface area contributed by atoms with Gasteiger partial charge in [-0.3, -0.25) is 14.9 Å². The molecule has 0 atom stereocenters. The molecule has 1 aromatic heterocycles. The number of carbonyl (C=O) groups is 2. The van der Waals surface area contributed by atoms with E-state index in [1.54, 1.807) is 48.5 Å². The van der Waals surface area contributed by atoms with Crippen LogP contribution in [0.1, 0.15) is 17.3 Å². The molecule has 0 spiro atoms. The van der Waals surface area contributed by atoms with Crippen molar-refractivity contribution in [3.8, 4) is 34.3 Å². The lowest BCUT2D eigenvalue weighted by molar-refractivity contribution is -0.132. The van der Waals surface area contributed by atoms with Crippen LogP contribution in [-0.2, 0) is 4.79 Å². The second kappa shape index (κ2) is 8.39. The number of nitrogens with one attached hydrogen (secondary N) is 1. The van der Waals surface area contributed by atoms with Gasteiger partial charge in [0.25, 0.3) is 5.91 Å². The number of hydrogen-bond acceptors (Lipinski definition) is 7. The first-order chi connectivity index (χ1) is 13.9. The number of carbonyl (C=O) groups excluding carboxylic acids is 2. The van der Waals surface area contributed by atoms with Crippen molar-refractivity contribution in [3.63, 3.8) is 0 Å². The standard InChI is InChI=1S/C21H19NO7/c1-12(23)28-19-17(24)18(14-9-10-15(26-2)16(11-14)27-3)29-21(19)22-20(25)13-7-5-4-6-8-13/h4-11,24H,1-3H3,(H,22,25). The van der Waals surface area contributed by atoms with Crippen molar-refractivity contribution in [3.05, 3.63) is 54.1 Å². The molecule has 0 aliphatic heterocycles. The molecule has 1 heterocycles. The third-order valence-electron chi connectivity index (χ3n) is 4.00. The molecule has 150 valence electrons. The molecule has 3 rings (SSSR count). The van der Waals surface area contributed by atoms with E-state index < -0.39 is 17.6 Å². The second-order valence-electron chi connectivity index (χ2n) is 5.92. The minimum absolute atomic E-state index is 0.00874.